The molecule has 130 valence electrons. The third-order valence-corrected chi connectivity index (χ3v) is 6.01. The fraction of sp³-hybridized carbons (Fsp3) is 0.381. The largest absolute Gasteiger partial charge is 0.328 e. The third kappa shape index (κ3) is 2.76. The highest BCUT2D eigenvalue weighted by Crippen LogP contribution is 2.46. The van der Waals surface area contributed by atoms with Crippen molar-refractivity contribution in [2.45, 2.75) is 25.3 Å². The van der Waals surface area contributed by atoms with E-state index in [4.69, 9.17) is 11.6 Å². The molecule has 0 spiro atoms. The van der Waals surface area contributed by atoms with Crippen LogP contribution in [0.4, 0.5) is 5.69 Å². The van der Waals surface area contributed by atoms with Gasteiger partial charge in [-0.05, 0) is 30.7 Å². The summed E-state index contributed by atoms with van der Waals surface area (Å²) in [6.07, 6.45) is 1.02. The molecule has 4 heteroatoms. The highest BCUT2D eigenvalue weighted by molar-refractivity contribution is 6.34. The van der Waals surface area contributed by atoms with Gasteiger partial charge in [0.05, 0.1) is 49.7 Å². The van der Waals surface area contributed by atoms with Crippen LogP contribution in [0.1, 0.15) is 33.8 Å². The van der Waals surface area contributed by atoms with Gasteiger partial charge < -0.3 is 9.38 Å². The van der Waals surface area contributed by atoms with Crippen LogP contribution < -0.4 is 4.90 Å². The molecular formula is C21H24ClN2O+. The molecule has 2 heterocycles. The smallest absolute Gasteiger partial charge is 0.260 e. The van der Waals surface area contributed by atoms with Crippen molar-refractivity contribution in [3.8, 4) is 0 Å². The lowest BCUT2D eigenvalue weighted by atomic mass is 9.87. The highest BCUT2D eigenvalue weighted by atomic mass is 35.5. The zero-order valence-electron chi connectivity index (χ0n) is 15.0. The second-order valence-electron chi connectivity index (χ2n) is 8.02. The van der Waals surface area contributed by atoms with Gasteiger partial charge in [-0.1, -0.05) is 41.4 Å². The summed E-state index contributed by atoms with van der Waals surface area (Å²) < 4.78 is 1.00. The molecule has 3 nitrogen and oxygen atoms in total. The summed E-state index contributed by atoms with van der Waals surface area (Å²) in [7, 11) is 4.56. The molecule has 0 unspecified atom stereocenters. The van der Waals surface area contributed by atoms with E-state index in [2.05, 4.69) is 39.2 Å². The number of likely N-dealkylation sites (tertiary alicyclic amines) is 1. The van der Waals surface area contributed by atoms with Crippen LogP contribution in [0.25, 0.3) is 0 Å². The number of likely N-dealkylation sites (N-methyl/N-ethyl adjacent to an activating group) is 1. The maximum Gasteiger partial charge on any atom is 0.260 e. The van der Waals surface area contributed by atoms with Crippen molar-refractivity contribution in [2.75, 3.05) is 32.1 Å². The molecule has 0 saturated carbocycles. The van der Waals surface area contributed by atoms with E-state index in [1.54, 1.807) is 6.07 Å². The number of fused-ring (bicyclic) bond motifs is 3. The summed E-state index contributed by atoms with van der Waals surface area (Å²) in [6, 6.07) is 14.1. The Hall–Kier alpha value is -1.84. The van der Waals surface area contributed by atoms with Crippen molar-refractivity contribution in [3.05, 3.63) is 64.2 Å². The monoisotopic (exact) mass is 355 g/mol. The van der Waals surface area contributed by atoms with Gasteiger partial charge in [-0.25, -0.2) is 0 Å². The maximum atomic E-state index is 13.4. The fourth-order valence-corrected chi connectivity index (χ4v) is 4.65. The van der Waals surface area contributed by atoms with Gasteiger partial charge in [0, 0.05) is 12.1 Å². The number of anilines is 1. The Bertz CT molecular complexity index is 846. The first-order valence-electron chi connectivity index (χ1n) is 8.88. The van der Waals surface area contributed by atoms with E-state index >= 15 is 0 Å². The van der Waals surface area contributed by atoms with Crippen LogP contribution in [0.5, 0.6) is 0 Å². The lowest BCUT2D eigenvalue weighted by molar-refractivity contribution is -0.896. The number of nitrogens with zero attached hydrogens (tertiary/aromatic N) is 2. The summed E-state index contributed by atoms with van der Waals surface area (Å²) in [5.41, 5.74) is 4.22. The number of hydrogen-bond donors (Lipinski definition) is 0. The van der Waals surface area contributed by atoms with Crippen LogP contribution in [0, 0.1) is 6.92 Å². The lowest BCUT2D eigenvalue weighted by Crippen LogP contribution is -2.54. The first-order valence-corrected chi connectivity index (χ1v) is 9.26. The van der Waals surface area contributed by atoms with Crippen LogP contribution in [0.2, 0.25) is 5.02 Å². The number of amides is 1. The van der Waals surface area contributed by atoms with Crippen molar-refractivity contribution in [1.29, 1.82) is 0 Å². The minimum absolute atomic E-state index is 0.0235. The van der Waals surface area contributed by atoms with Gasteiger partial charge in [0.15, 0.2) is 0 Å². The Morgan fingerprint density at radius 1 is 1.20 bits per heavy atom. The predicted octanol–water partition coefficient (Wildman–Crippen LogP) is 4.24. The number of benzene rings is 2. The molecule has 2 aliphatic heterocycles. The zero-order chi connectivity index (χ0) is 17.8. The molecule has 2 atom stereocenters. The summed E-state index contributed by atoms with van der Waals surface area (Å²) >= 11 is 6.32. The molecule has 4 rings (SSSR count). The summed E-state index contributed by atoms with van der Waals surface area (Å²) in [4.78, 5) is 15.4. The normalized spacial score (nSPS) is 23.9. The van der Waals surface area contributed by atoms with Crippen LogP contribution in [-0.2, 0) is 0 Å². The van der Waals surface area contributed by atoms with Gasteiger partial charge in [0.1, 0.15) is 0 Å². The molecule has 25 heavy (non-hydrogen) atoms. The van der Waals surface area contributed by atoms with E-state index in [-0.39, 0.29) is 11.9 Å². The number of piperidine rings is 1. The lowest BCUT2D eigenvalue weighted by Gasteiger charge is -2.41. The molecule has 2 aromatic rings. The minimum atomic E-state index is 0.0235. The quantitative estimate of drug-likeness (QED) is 0.700. The van der Waals surface area contributed by atoms with Crippen LogP contribution in [0.15, 0.2) is 42.5 Å². The number of aryl methyl sites for hydroxylation is 1. The van der Waals surface area contributed by atoms with Crippen LogP contribution >= 0.6 is 11.6 Å². The molecule has 1 fully saturated rings. The molecular weight excluding hydrogens is 332 g/mol. The molecule has 1 amide bonds. The average Bonchev–Trinajstić information content (AvgIpc) is 2.86. The summed E-state index contributed by atoms with van der Waals surface area (Å²) in [5, 5.41) is 0.525. The van der Waals surface area contributed by atoms with Gasteiger partial charge in [-0.15, -0.1) is 0 Å². The minimum Gasteiger partial charge on any atom is -0.328 e. The number of carbonyl (C=O) groups is 1. The number of hydrogen-bond acceptors (Lipinski definition) is 1. The Labute approximate surface area is 154 Å². The highest BCUT2D eigenvalue weighted by Gasteiger charge is 2.48. The van der Waals surface area contributed by atoms with Crippen LogP contribution in [-0.4, -0.2) is 43.6 Å². The predicted molar refractivity (Wildman–Crippen MR) is 102 cm³/mol. The molecule has 2 aliphatic rings. The number of rotatable bonds is 1. The zero-order valence-corrected chi connectivity index (χ0v) is 15.8. The van der Waals surface area contributed by atoms with Gasteiger partial charge in [-0.3, -0.25) is 4.79 Å². The van der Waals surface area contributed by atoms with Crippen molar-refractivity contribution >= 4 is 23.2 Å². The van der Waals surface area contributed by atoms with Gasteiger partial charge in [0.2, 0.25) is 0 Å². The first kappa shape index (κ1) is 16.6. The van der Waals surface area contributed by atoms with Crippen molar-refractivity contribution in [2.24, 2.45) is 0 Å². The van der Waals surface area contributed by atoms with Crippen molar-refractivity contribution in [3.63, 3.8) is 0 Å². The van der Waals surface area contributed by atoms with E-state index in [1.165, 1.54) is 11.1 Å². The Morgan fingerprint density at radius 3 is 2.72 bits per heavy atom. The second kappa shape index (κ2) is 5.86. The molecule has 0 aromatic heterocycles. The Morgan fingerprint density at radius 2 is 1.96 bits per heavy atom. The van der Waals surface area contributed by atoms with Crippen LogP contribution in [0.3, 0.4) is 0 Å². The number of halogens is 1. The summed E-state index contributed by atoms with van der Waals surface area (Å²) in [6.45, 7) is 4.27. The molecule has 2 aromatic carbocycles. The molecule has 0 bridgehead atoms. The second-order valence-corrected chi connectivity index (χ2v) is 8.43. The SMILES string of the molecule is Cc1ccc2c(c1)[C@@H]1C[N+](C)(C)CC[C@@H]1N2C(=O)c1ccccc1Cl. The van der Waals surface area contributed by atoms with E-state index in [0.717, 1.165) is 29.7 Å². The van der Waals surface area contributed by atoms with Gasteiger partial charge in [0.25, 0.3) is 5.91 Å². The number of quaternary nitrogens is 1. The van der Waals surface area contributed by atoms with Gasteiger partial charge in [-0.2, -0.15) is 0 Å². The first-order chi connectivity index (χ1) is 11.9. The molecule has 1 saturated heterocycles. The summed E-state index contributed by atoms with van der Waals surface area (Å²) in [5.74, 6) is 0.417. The average molecular weight is 356 g/mol. The fourth-order valence-electron chi connectivity index (χ4n) is 4.44. The van der Waals surface area contributed by atoms with E-state index in [1.807, 2.05) is 23.1 Å². The third-order valence-electron chi connectivity index (χ3n) is 5.68. The Balaban J connectivity index is 1.81. The maximum absolute atomic E-state index is 13.4. The topological polar surface area (TPSA) is 20.3 Å². The van der Waals surface area contributed by atoms with Crippen molar-refractivity contribution < 1.29 is 9.28 Å². The molecule has 0 radical (unpaired) electrons. The standard InChI is InChI=1S/C21H24ClN2O/c1-14-8-9-19-16(12-14)17-13-24(2,3)11-10-20(17)23(19)21(25)15-6-4-5-7-18(15)22/h4-9,12,17,20H,10-11,13H2,1-3H3/q+1/t17-,20-/m0/s1. The Kier molecular flexibility index (Phi) is 3.89. The van der Waals surface area contributed by atoms with E-state index < -0.39 is 0 Å². The van der Waals surface area contributed by atoms with Gasteiger partial charge >= 0.3 is 0 Å². The number of carbonyl (C=O) groups excluding carboxylic acids is 1. The van der Waals surface area contributed by atoms with Crippen molar-refractivity contribution in [1.82, 2.24) is 0 Å². The van der Waals surface area contributed by atoms with E-state index in [9.17, 15) is 4.79 Å². The molecule has 0 aliphatic carbocycles. The molecule has 0 N–H and O–H groups in total. The van der Waals surface area contributed by atoms with E-state index in [0.29, 0.717) is 16.5 Å².